The van der Waals surface area contributed by atoms with E-state index in [1.165, 1.54) is 0 Å². The predicted octanol–water partition coefficient (Wildman–Crippen LogP) is 1.07. The lowest BCUT2D eigenvalue weighted by molar-refractivity contribution is 0.388. The Hall–Kier alpha value is -2.04. The van der Waals surface area contributed by atoms with E-state index in [1.807, 2.05) is 31.3 Å². The number of nitrogens with one attached hydrogen (secondary N) is 2. The van der Waals surface area contributed by atoms with Gasteiger partial charge in [-0.15, -0.1) is 0 Å². The quantitative estimate of drug-likeness (QED) is 0.744. The minimum atomic E-state index is -0.546. The van der Waals surface area contributed by atoms with Gasteiger partial charge in [0.2, 0.25) is 0 Å². The summed E-state index contributed by atoms with van der Waals surface area (Å²) in [6.45, 7) is 0. The summed E-state index contributed by atoms with van der Waals surface area (Å²) in [7, 11) is 1.82. The summed E-state index contributed by atoms with van der Waals surface area (Å²) in [5, 5.41) is 6.58. The first-order valence-electron chi connectivity index (χ1n) is 4.14. The van der Waals surface area contributed by atoms with Crippen LogP contribution < -0.4 is 11.1 Å². The number of nitrogens with zero attached hydrogens (tertiary/aromatic N) is 1. The summed E-state index contributed by atoms with van der Waals surface area (Å²) in [5.41, 5.74) is 1.76. The lowest BCUT2D eigenvalue weighted by Gasteiger charge is -2.00. The molecule has 0 fully saturated rings. The van der Waals surface area contributed by atoms with Gasteiger partial charge in [0, 0.05) is 18.3 Å². The SMILES string of the molecule is CNc1cccc(-c2noc(=O)[nH]2)c1. The smallest absolute Gasteiger partial charge is 0.388 e. The molecule has 1 aromatic carbocycles. The van der Waals surface area contributed by atoms with Crippen LogP contribution in [-0.4, -0.2) is 17.2 Å². The number of aromatic amines is 1. The van der Waals surface area contributed by atoms with Crippen LogP contribution in [0.3, 0.4) is 0 Å². The predicted molar refractivity (Wildman–Crippen MR) is 52.1 cm³/mol. The lowest BCUT2D eigenvalue weighted by Crippen LogP contribution is -1.95. The van der Waals surface area contributed by atoms with Gasteiger partial charge >= 0.3 is 5.76 Å². The van der Waals surface area contributed by atoms with Gasteiger partial charge in [-0.05, 0) is 12.1 Å². The van der Waals surface area contributed by atoms with Crippen molar-refractivity contribution in [2.75, 3.05) is 12.4 Å². The molecule has 0 saturated heterocycles. The molecule has 0 radical (unpaired) electrons. The molecule has 1 aromatic heterocycles. The third-order valence-corrected chi connectivity index (χ3v) is 1.86. The van der Waals surface area contributed by atoms with Gasteiger partial charge in [0.05, 0.1) is 0 Å². The Morgan fingerprint density at radius 1 is 1.50 bits per heavy atom. The van der Waals surface area contributed by atoms with Crippen LogP contribution >= 0.6 is 0 Å². The maximum atomic E-state index is 10.7. The Bertz CT molecular complexity index is 487. The average molecular weight is 191 g/mol. The highest BCUT2D eigenvalue weighted by atomic mass is 16.5. The summed E-state index contributed by atoms with van der Waals surface area (Å²) in [5.74, 6) is -0.109. The van der Waals surface area contributed by atoms with Crippen LogP contribution in [0.4, 0.5) is 5.69 Å². The first kappa shape index (κ1) is 8.55. The number of benzene rings is 1. The molecule has 5 heteroatoms. The maximum absolute atomic E-state index is 10.7. The molecule has 1 heterocycles. The van der Waals surface area contributed by atoms with E-state index >= 15 is 0 Å². The van der Waals surface area contributed by atoms with Gasteiger partial charge in [-0.25, -0.2) is 4.79 Å². The molecule has 0 aliphatic carbocycles. The molecule has 2 aromatic rings. The van der Waals surface area contributed by atoms with Crippen LogP contribution in [-0.2, 0) is 0 Å². The molecule has 14 heavy (non-hydrogen) atoms. The average Bonchev–Trinajstić information content (AvgIpc) is 2.65. The van der Waals surface area contributed by atoms with Crippen LogP contribution in [0.15, 0.2) is 33.6 Å². The Balaban J connectivity index is 2.46. The maximum Gasteiger partial charge on any atom is 0.439 e. The molecule has 0 amide bonds. The van der Waals surface area contributed by atoms with E-state index in [4.69, 9.17) is 0 Å². The number of rotatable bonds is 2. The minimum Gasteiger partial charge on any atom is -0.388 e. The number of aromatic nitrogens is 2. The normalized spacial score (nSPS) is 10.1. The molecular weight excluding hydrogens is 182 g/mol. The van der Waals surface area contributed by atoms with E-state index in [0.717, 1.165) is 11.3 Å². The highest BCUT2D eigenvalue weighted by Crippen LogP contribution is 2.17. The minimum absolute atomic E-state index is 0.437. The largest absolute Gasteiger partial charge is 0.439 e. The van der Waals surface area contributed by atoms with E-state index in [-0.39, 0.29) is 0 Å². The van der Waals surface area contributed by atoms with Crippen molar-refractivity contribution in [3.63, 3.8) is 0 Å². The van der Waals surface area contributed by atoms with Crippen LogP contribution in [0.5, 0.6) is 0 Å². The standard InChI is InChI=1S/C9H9N3O2/c1-10-7-4-2-3-6(5-7)8-11-9(13)14-12-8/h2-5,10H,1H3,(H,11,12,13). The van der Waals surface area contributed by atoms with Gasteiger partial charge in [0.25, 0.3) is 0 Å². The highest BCUT2D eigenvalue weighted by Gasteiger charge is 2.03. The van der Waals surface area contributed by atoms with Crippen LogP contribution in [0, 0.1) is 0 Å². The van der Waals surface area contributed by atoms with Gasteiger partial charge in [0.15, 0.2) is 5.82 Å². The molecule has 0 atom stereocenters. The summed E-state index contributed by atoms with van der Waals surface area (Å²) >= 11 is 0. The molecule has 0 aliphatic rings. The number of anilines is 1. The zero-order valence-electron chi connectivity index (χ0n) is 7.57. The molecule has 2 N–H and O–H groups in total. The van der Waals surface area contributed by atoms with Crippen molar-refractivity contribution >= 4 is 5.69 Å². The first-order chi connectivity index (χ1) is 6.79. The number of hydrogen-bond donors (Lipinski definition) is 2. The second-order valence-electron chi connectivity index (χ2n) is 2.77. The van der Waals surface area contributed by atoms with Crippen molar-refractivity contribution in [1.82, 2.24) is 10.1 Å². The first-order valence-corrected chi connectivity index (χ1v) is 4.14. The van der Waals surface area contributed by atoms with Crippen molar-refractivity contribution in [2.45, 2.75) is 0 Å². The van der Waals surface area contributed by atoms with Gasteiger partial charge < -0.3 is 5.32 Å². The molecule has 0 aliphatic heterocycles. The second-order valence-corrected chi connectivity index (χ2v) is 2.77. The second kappa shape index (κ2) is 3.37. The van der Waals surface area contributed by atoms with Gasteiger partial charge in [-0.3, -0.25) is 9.51 Å². The zero-order chi connectivity index (χ0) is 9.97. The van der Waals surface area contributed by atoms with E-state index in [2.05, 4.69) is 20.0 Å². The van der Waals surface area contributed by atoms with Gasteiger partial charge in [-0.2, -0.15) is 0 Å². The summed E-state index contributed by atoms with van der Waals surface area (Å²) in [4.78, 5) is 13.2. The van der Waals surface area contributed by atoms with E-state index in [0.29, 0.717) is 5.82 Å². The Labute approximate surface area is 79.7 Å². The zero-order valence-corrected chi connectivity index (χ0v) is 7.57. The topological polar surface area (TPSA) is 70.9 Å². The van der Waals surface area contributed by atoms with Crippen LogP contribution in [0.2, 0.25) is 0 Å². The molecular formula is C9H9N3O2. The van der Waals surface area contributed by atoms with Crippen molar-refractivity contribution in [1.29, 1.82) is 0 Å². The van der Waals surface area contributed by atoms with E-state index < -0.39 is 5.76 Å². The molecule has 0 unspecified atom stereocenters. The van der Waals surface area contributed by atoms with Crippen molar-refractivity contribution < 1.29 is 4.52 Å². The van der Waals surface area contributed by atoms with Crippen molar-refractivity contribution in [2.24, 2.45) is 0 Å². The van der Waals surface area contributed by atoms with E-state index in [1.54, 1.807) is 0 Å². The molecule has 0 saturated carbocycles. The highest BCUT2D eigenvalue weighted by molar-refractivity contribution is 5.61. The summed E-state index contributed by atoms with van der Waals surface area (Å²) < 4.78 is 4.41. The van der Waals surface area contributed by atoms with Crippen LogP contribution in [0.25, 0.3) is 11.4 Å². The fourth-order valence-corrected chi connectivity index (χ4v) is 1.18. The Morgan fingerprint density at radius 3 is 3.00 bits per heavy atom. The molecule has 2 rings (SSSR count). The van der Waals surface area contributed by atoms with E-state index in [9.17, 15) is 4.79 Å². The van der Waals surface area contributed by atoms with Gasteiger partial charge in [-0.1, -0.05) is 17.3 Å². The molecule has 0 spiro atoms. The van der Waals surface area contributed by atoms with Crippen molar-refractivity contribution in [3.05, 3.63) is 34.8 Å². The monoisotopic (exact) mass is 191 g/mol. The third-order valence-electron chi connectivity index (χ3n) is 1.86. The summed E-state index contributed by atoms with van der Waals surface area (Å²) in [6.07, 6.45) is 0. The molecule has 72 valence electrons. The number of H-pyrrole nitrogens is 1. The molecule has 5 nitrogen and oxygen atoms in total. The fourth-order valence-electron chi connectivity index (χ4n) is 1.18. The fraction of sp³-hybridized carbons (Fsp3) is 0.111. The van der Waals surface area contributed by atoms with Gasteiger partial charge in [0.1, 0.15) is 0 Å². The third kappa shape index (κ3) is 1.52. The summed E-state index contributed by atoms with van der Waals surface area (Å²) in [6, 6.07) is 7.50. The molecule has 0 bridgehead atoms. The lowest BCUT2D eigenvalue weighted by atomic mass is 10.2. The number of hydrogen-bond acceptors (Lipinski definition) is 4. The van der Waals surface area contributed by atoms with Crippen molar-refractivity contribution in [3.8, 4) is 11.4 Å². The van der Waals surface area contributed by atoms with Crippen LogP contribution in [0.1, 0.15) is 0 Å². The Morgan fingerprint density at radius 2 is 2.36 bits per heavy atom. The Kier molecular flexibility index (Phi) is 2.06.